The van der Waals surface area contributed by atoms with E-state index in [0.717, 1.165) is 89.2 Å². The molecule has 0 N–H and O–H groups in total. The highest BCUT2D eigenvalue weighted by atomic mass is 19.1. The lowest BCUT2D eigenvalue weighted by Crippen LogP contribution is -2.12. The first kappa shape index (κ1) is 44.9. The molecule has 3 aromatic rings. The number of benzene rings is 3. The van der Waals surface area contributed by atoms with Gasteiger partial charge in [-0.15, -0.1) is 0 Å². The predicted molar refractivity (Wildman–Crippen MR) is 207 cm³/mol. The molecule has 3 aromatic carbocycles. The maximum atomic E-state index is 14.8. The molecule has 0 radical (unpaired) electrons. The Labute approximate surface area is 327 Å². The molecule has 0 fully saturated rings. The van der Waals surface area contributed by atoms with Crippen LogP contribution in [0.25, 0.3) is 0 Å². The van der Waals surface area contributed by atoms with Gasteiger partial charge in [0.25, 0.3) is 0 Å². The summed E-state index contributed by atoms with van der Waals surface area (Å²) in [5, 5.41) is 0. The molecule has 302 valence electrons. The lowest BCUT2D eigenvalue weighted by atomic mass is 10.1. The summed E-state index contributed by atoms with van der Waals surface area (Å²) < 4.78 is 61.5. The Morgan fingerprint density at radius 3 is 1.09 bits per heavy atom. The van der Waals surface area contributed by atoms with Crippen LogP contribution in [0.5, 0.6) is 23.0 Å². The van der Waals surface area contributed by atoms with Crippen LogP contribution in [0.3, 0.4) is 0 Å². The van der Waals surface area contributed by atoms with Gasteiger partial charge in [-0.3, -0.25) is 0 Å². The maximum Gasteiger partial charge on any atom is 0.346 e. The van der Waals surface area contributed by atoms with E-state index in [1.807, 2.05) is 0 Å². The van der Waals surface area contributed by atoms with Crippen LogP contribution in [0.4, 0.5) is 8.78 Å². The van der Waals surface area contributed by atoms with Crippen LogP contribution in [0.1, 0.15) is 112 Å². The first-order valence-corrected chi connectivity index (χ1v) is 19.0. The van der Waals surface area contributed by atoms with Crippen molar-refractivity contribution in [2.24, 2.45) is 0 Å². The van der Waals surface area contributed by atoms with Crippen molar-refractivity contribution < 1.29 is 56.4 Å². The number of carbonyl (C=O) groups is 4. The van der Waals surface area contributed by atoms with Crippen LogP contribution in [-0.4, -0.2) is 50.3 Å². The highest BCUT2D eigenvalue weighted by Crippen LogP contribution is 2.24. The molecule has 56 heavy (non-hydrogen) atoms. The third-order valence-electron chi connectivity index (χ3n) is 8.34. The topological polar surface area (TPSA) is 124 Å². The van der Waals surface area contributed by atoms with Crippen molar-refractivity contribution in [3.63, 3.8) is 0 Å². The number of esters is 4. The molecule has 0 saturated carbocycles. The van der Waals surface area contributed by atoms with Crippen molar-refractivity contribution >= 4 is 23.9 Å². The first-order chi connectivity index (χ1) is 26.9. The van der Waals surface area contributed by atoms with E-state index < -0.39 is 23.6 Å². The third-order valence-corrected chi connectivity index (χ3v) is 8.34. The van der Waals surface area contributed by atoms with Gasteiger partial charge in [0.05, 0.1) is 37.6 Å². The summed E-state index contributed by atoms with van der Waals surface area (Å²) in [6.45, 7) is 11.9. The van der Waals surface area contributed by atoms with Crippen LogP contribution < -0.4 is 18.9 Å². The zero-order valence-electron chi connectivity index (χ0n) is 32.3. The van der Waals surface area contributed by atoms with Gasteiger partial charge >= 0.3 is 23.9 Å². The molecule has 0 aliphatic rings. The molecule has 0 heterocycles. The number of carbonyl (C=O) groups excluding carboxylic acids is 4. The van der Waals surface area contributed by atoms with E-state index in [2.05, 4.69) is 13.2 Å². The lowest BCUT2D eigenvalue weighted by molar-refractivity contribution is -0.139. The smallest absolute Gasteiger partial charge is 0.346 e. The van der Waals surface area contributed by atoms with Gasteiger partial charge in [-0.25, -0.2) is 28.0 Å². The molecule has 0 saturated heterocycles. The second kappa shape index (κ2) is 24.8. The number of halogens is 2. The van der Waals surface area contributed by atoms with E-state index in [0.29, 0.717) is 49.1 Å². The summed E-state index contributed by atoms with van der Waals surface area (Å²) in [7, 11) is 0. The summed E-state index contributed by atoms with van der Waals surface area (Å²) >= 11 is 0. The quantitative estimate of drug-likeness (QED) is 0.0337. The predicted octanol–water partition coefficient (Wildman–Crippen LogP) is 10.1. The van der Waals surface area contributed by atoms with Crippen molar-refractivity contribution in [2.45, 2.75) is 90.9 Å². The molecule has 12 heteroatoms. The summed E-state index contributed by atoms with van der Waals surface area (Å²) in [5.74, 6) is -3.44. The Kier molecular flexibility index (Phi) is 19.9. The SMILES string of the molecule is C=C(C)C(=O)OCCCCCCCCOc1ccc(C(=O)Oc2ccc(OC(=O)c3ccc(OCCCCCCCCOC(=O)C(=C)C)cc3F)cc2)c(F)c1. The largest absolute Gasteiger partial charge is 0.493 e. The van der Waals surface area contributed by atoms with Gasteiger partial charge in [0, 0.05) is 23.3 Å². The molecule has 0 bridgehead atoms. The number of hydrogen-bond donors (Lipinski definition) is 0. The van der Waals surface area contributed by atoms with Gasteiger partial charge in [-0.2, -0.15) is 0 Å². The van der Waals surface area contributed by atoms with Crippen LogP contribution in [0.2, 0.25) is 0 Å². The minimum atomic E-state index is -0.923. The van der Waals surface area contributed by atoms with Gasteiger partial charge in [-0.05, 0) is 88.1 Å². The van der Waals surface area contributed by atoms with E-state index in [9.17, 15) is 28.0 Å². The normalized spacial score (nSPS) is 10.6. The van der Waals surface area contributed by atoms with E-state index in [1.54, 1.807) is 13.8 Å². The fourth-order valence-electron chi connectivity index (χ4n) is 5.18. The molecular formula is C44H52F2O10. The van der Waals surface area contributed by atoms with Gasteiger partial charge in [0.1, 0.15) is 34.6 Å². The third kappa shape index (κ3) is 16.9. The van der Waals surface area contributed by atoms with E-state index in [4.69, 9.17) is 28.4 Å². The average molecular weight is 779 g/mol. The molecule has 0 spiro atoms. The molecular weight excluding hydrogens is 726 g/mol. The number of unbranched alkanes of at least 4 members (excludes halogenated alkanes) is 10. The number of hydrogen-bond acceptors (Lipinski definition) is 10. The fourth-order valence-corrected chi connectivity index (χ4v) is 5.18. The average Bonchev–Trinajstić information content (AvgIpc) is 3.16. The van der Waals surface area contributed by atoms with Crippen LogP contribution in [0, 0.1) is 11.6 Å². The van der Waals surface area contributed by atoms with E-state index >= 15 is 0 Å². The zero-order chi connectivity index (χ0) is 40.7. The van der Waals surface area contributed by atoms with Crippen LogP contribution >= 0.6 is 0 Å². The van der Waals surface area contributed by atoms with Gasteiger partial charge < -0.3 is 28.4 Å². The van der Waals surface area contributed by atoms with E-state index in [1.165, 1.54) is 48.5 Å². The minimum absolute atomic E-state index is 0.0803. The van der Waals surface area contributed by atoms with Crippen LogP contribution in [-0.2, 0) is 19.1 Å². The molecule has 0 aliphatic heterocycles. The Balaban J connectivity index is 1.32. The number of rotatable bonds is 26. The standard InChI is InChI=1S/C44H52F2O10/c1-31(2)41(47)53-27-15-11-7-5-9-13-25-51-35-21-23-37(39(45)29-35)43(49)55-33-17-19-34(20-18-33)56-44(50)38-24-22-36(30-40(38)46)52-26-14-10-6-8-12-16-28-54-42(48)32(3)4/h17-24,29-30H,1,3,5-16,25-28H2,2,4H3. The molecule has 0 atom stereocenters. The lowest BCUT2D eigenvalue weighted by Gasteiger charge is -2.10. The zero-order valence-corrected chi connectivity index (χ0v) is 32.3. The summed E-state index contributed by atoms with van der Waals surface area (Å²) in [4.78, 5) is 48.0. The van der Waals surface area contributed by atoms with Gasteiger partial charge in [-0.1, -0.05) is 64.5 Å². The van der Waals surface area contributed by atoms with Crippen molar-refractivity contribution in [3.05, 3.63) is 108 Å². The number of ether oxygens (including phenoxy) is 6. The van der Waals surface area contributed by atoms with Crippen molar-refractivity contribution in [1.82, 2.24) is 0 Å². The molecule has 0 aliphatic carbocycles. The van der Waals surface area contributed by atoms with Gasteiger partial charge in [0.15, 0.2) is 0 Å². The Morgan fingerprint density at radius 2 is 0.768 bits per heavy atom. The first-order valence-electron chi connectivity index (χ1n) is 19.0. The Hall–Kier alpha value is -5.52. The fraction of sp³-hybridized carbons (Fsp3) is 0.409. The summed E-state index contributed by atoms with van der Waals surface area (Å²) in [5.41, 5.74) is 0.220. The Bertz CT molecular complexity index is 1640. The summed E-state index contributed by atoms with van der Waals surface area (Å²) in [6, 6.07) is 13.3. The van der Waals surface area contributed by atoms with Crippen molar-refractivity contribution in [3.8, 4) is 23.0 Å². The molecule has 0 aromatic heterocycles. The second-order valence-corrected chi connectivity index (χ2v) is 13.3. The molecule has 3 rings (SSSR count). The van der Waals surface area contributed by atoms with E-state index in [-0.39, 0.29) is 34.6 Å². The van der Waals surface area contributed by atoms with Gasteiger partial charge in [0.2, 0.25) is 0 Å². The molecule has 0 amide bonds. The van der Waals surface area contributed by atoms with Crippen molar-refractivity contribution in [2.75, 3.05) is 26.4 Å². The second-order valence-electron chi connectivity index (χ2n) is 13.3. The molecule has 10 nitrogen and oxygen atoms in total. The summed E-state index contributed by atoms with van der Waals surface area (Å²) in [6.07, 6.45) is 10.9. The maximum absolute atomic E-state index is 14.8. The monoisotopic (exact) mass is 778 g/mol. The van der Waals surface area contributed by atoms with Crippen molar-refractivity contribution in [1.29, 1.82) is 0 Å². The highest BCUT2D eigenvalue weighted by Gasteiger charge is 2.18. The molecule has 0 unspecified atom stereocenters. The van der Waals surface area contributed by atoms with Crippen LogP contribution in [0.15, 0.2) is 85.0 Å². The minimum Gasteiger partial charge on any atom is -0.493 e. The Morgan fingerprint density at radius 1 is 0.464 bits per heavy atom. The highest BCUT2D eigenvalue weighted by molar-refractivity contribution is 5.92.